The molecule has 5 rings (SSSR count). The zero-order chi connectivity index (χ0) is 22.5. The van der Waals surface area contributed by atoms with Gasteiger partial charge in [-0.3, -0.25) is 9.59 Å². The molecule has 2 aliphatic rings. The van der Waals surface area contributed by atoms with Crippen LogP contribution in [-0.2, 0) is 22.7 Å². The van der Waals surface area contributed by atoms with Gasteiger partial charge in [0.1, 0.15) is 10.6 Å². The fraction of sp³-hybridized carbons (Fsp3) is 0.391. The Morgan fingerprint density at radius 3 is 2.66 bits per heavy atom. The molecule has 1 atom stereocenters. The van der Waals surface area contributed by atoms with Crippen molar-refractivity contribution in [1.82, 2.24) is 5.32 Å². The summed E-state index contributed by atoms with van der Waals surface area (Å²) >= 11 is 1.43. The van der Waals surface area contributed by atoms with Crippen LogP contribution in [0.15, 0.2) is 28.7 Å². The van der Waals surface area contributed by atoms with Gasteiger partial charge in [0.05, 0.1) is 17.1 Å². The number of thiophene rings is 1. The fourth-order valence-electron chi connectivity index (χ4n) is 4.61. The minimum Gasteiger partial charge on any atom is -0.451 e. The van der Waals surface area contributed by atoms with Crippen molar-refractivity contribution in [1.29, 1.82) is 0 Å². The molecule has 1 aliphatic heterocycles. The van der Waals surface area contributed by atoms with Gasteiger partial charge in [0.25, 0.3) is 11.8 Å². The van der Waals surface area contributed by atoms with E-state index in [0.29, 0.717) is 22.6 Å². The first-order valence-electron chi connectivity index (χ1n) is 10.8. The van der Waals surface area contributed by atoms with E-state index in [1.54, 1.807) is 0 Å². The number of fused-ring (bicyclic) bond motifs is 2. The number of sulfone groups is 1. The number of hydrogen-bond acceptors (Lipinski definition) is 6. The molecule has 2 aromatic heterocycles. The van der Waals surface area contributed by atoms with Crippen molar-refractivity contribution in [2.75, 3.05) is 16.8 Å². The van der Waals surface area contributed by atoms with E-state index in [-0.39, 0.29) is 23.2 Å². The van der Waals surface area contributed by atoms with Crippen LogP contribution in [0.5, 0.6) is 0 Å². The molecule has 0 saturated carbocycles. The Labute approximate surface area is 190 Å². The quantitative estimate of drug-likeness (QED) is 0.600. The zero-order valence-electron chi connectivity index (χ0n) is 17.7. The van der Waals surface area contributed by atoms with Gasteiger partial charge in [-0.2, -0.15) is 0 Å². The van der Waals surface area contributed by atoms with Crippen LogP contribution in [-0.4, -0.2) is 37.8 Å². The van der Waals surface area contributed by atoms with E-state index in [2.05, 4.69) is 10.6 Å². The van der Waals surface area contributed by atoms with Gasteiger partial charge in [0.2, 0.25) is 0 Å². The number of anilines is 1. The molecule has 32 heavy (non-hydrogen) atoms. The minimum absolute atomic E-state index is 0.0368. The number of aryl methyl sites for hydroxylation is 2. The van der Waals surface area contributed by atoms with Crippen molar-refractivity contribution in [3.05, 3.63) is 51.6 Å². The third-order valence-corrected chi connectivity index (χ3v) is 9.22. The lowest BCUT2D eigenvalue weighted by atomic mass is 9.95. The molecule has 168 valence electrons. The summed E-state index contributed by atoms with van der Waals surface area (Å²) in [5, 5.41) is 7.18. The first kappa shape index (κ1) is 21.2. The average molecular weight is 473 g/mol. The molecule has 0 bridgehead atoms. The summed E-state index contributed by atoms with van der Waals surface area (Å²) in [6, 6.07) is 7.07. The standard InChI is InChI=1S/C23H24N2O5S2/c1-13-15-6-2-4-8-17(15)30-20(13)22(27)25-23-19(16-7-3-5-9-18(16)31-23)21(26)24-14-10-11-32(28,29)12-14/h2,4,6,8,14H,3,5,7,9-12H2,1H3,(H,24,26)(H,25,27). The van der Waals surface area contributed by atoms with E-state index < -0.39 is 21.8 Å². The van der Waals surface area contributed by atoms with E-state index in [1.165, 1.54) is 11.3 Å². The fourth-order valence-corrected chi connectivity index (χ4v) is 7.57. The summed E-state index contributed by atoms with van der Waals surface area (Å²) in [7, 11) is -3.10. The molecule has 1 aromatic carbocycles. The number of para-hydroxylation sites is 1. The lowest BCUT2D eigenvalue weighted by molar-refractivity contribution is 0.0941. The molecule has 1 fully saturated rings. The molecule has 1 saturated heterocycles. The highest BCUT2D eigenvalue weighted by atomic mass is 32.2. The molecule has 3 aromatic rings. The zero-order valence-corrected chi connectivity index (χ0v) is 19.3. The van der Waals surface area contributed by atoms with Crippen molar-refractivity contribution < 1.29 is 22.4 Å². The predicted octanol–water partition coefficient (Wildman–Crippen LogP) is 3.85. The van der Waals surface area contributed by atoms with Crippen molar-refractivity contribution >= 4 is 49.0 Å². The number of carbonyl (C=O) groups excluding carboxylic acids is 2. The number of nitrogens with one attached hydrogen (secondary N) is 2. The summed E-state index contributed by atoms with van der Waals surface area (Å²) in [4.78, 5) is 27.4. The van der Waals surface area contributed by atoms with Crippen LogP contribution in [0.1, 0.15) is 56.2 Å². The number of hydrogen-bond donors (Lipinski definition) is 2. The smallest absolute Gasteiger partial charge is 0.292 e. The van der Waals surface area contributed by atoms with Crippen LogP contribution in [0.25, 0.3) is 11.0 Å². The maximum absolute atomic E-state index is 13.2. The lowest BCUT2D eigenvalue weighted by Gasteiger charge is -2.15. The molecular weight excluding hydrogens is 448 g/mol. The molecular formula is C23H24N2O5S2. The molecule has 3 heterocycles. The second kappa shape index (κ2) is 8.04. The minimum atomic E-state index is -3.10. The molecule has 0 radical (unpaired) electrons. The third-order valence-electron chi connectivity index (χ3n) is 6.24. The largest absolute Gasteiger partial charge is 0.451 e. The Hall–Kier alpha value is -2.65. The average Bonchev–Trinajstić information content (AvgIpc) is 3.40. The van der Waals surface area contributed by atoms with Gasteiger partial charge in [0.15, 0.2) is 15.6 Å². The van der Waals surface area contributed by atoms with Gasteiger partial charge < -0.3 is 15.1 Å². The number of benzene rings is 1. The Bertz CT molecular complexity index is 1340. The summed E-state index contributed by atoms with van der Waals surface area (Å²) in [6.07, 6.45) is 4.10. The topological polar surface area (TPSA) is 105 Å². The van der Waals surface area contributed by atoms with Gasteiger partial charge in [-0.1, -0.05) is 18.2 Å². The van der Waals surface area contributed by atoms with Crippen LogP contribution in [0.4, 0.5) is 5.00 Å². The maximum atomic E-state index is 13.2. The number of carbonyl (C=O) groups is 2. The monoisotopic (exact) mass is 472 g/mol. The molecule has 7 nitrogen and oxygen atoms in total. The Balaban J connectivity index is 1.45. The highest BCUT2D eigenvalue weighted by Crippen LogP contribution is 2.39. The van der Waals surface area contributed by atoms with Crippen LogP contribution in [0, 0.1) is 6.92 Å². The summed E-state index contributed by atoms with van der Waals surface area (Å²) in [6.45, 7) is 1.84. The van der Waals surface area contributed by atoms with E-state index >= 15 is 0 Å². The number of rotatable bonds is 4. The number of amides is 2. The first-order chi connectivity index (χ1) is 15.3. The molecule has 1 unspecified atom stereocenters. The van der Waals surface area contributed by atoms with E-state index in [1.807, 2.05) is 31.2 Å². The van der Waals surface area contributed by atoms with Crippen molar-refractivity contribution in [3.63, 3.8) is 0 Å². The van der Waals surface area contributed by atoms with E-state index in [4.69, 9.17) is 4.42 Å². The van der Waals surface area contributed by atoms with Crippen LogP contribution in [0.3, 0.4) is 0 Å². The predicted molar refractivity (Wildman–Crippen MR) is 124 cm³/mol. The Morgan fingerprint density at radius 1 is 1.12 bits per heavy atom. The summed E-state index contributed by atoms with van der Waals surface area (Å²) in [5.74, 6) is -0.428. The lowest BCUT2D eigenvalue weighted by Crippen LogP contribution is -2.36. The van der Waals surface area contributed by atoms with Crippen LogP contribution in [0.2, 0.25) is 0 Å². The van der Waals surface area contributed by atoms with Crippen LogP contribution < -0.4 is 10.6 Å². The van der Waals surface area contributed by atoms with E-state index in [0.717, 1.165) is 47.1 Å². The summed E-state index contributed by atoms with van der Waals surface area (Å²) in [5.41, 5.74) is 2.83. The van der Waals surface area contributed by atoms with E-state index in [9.17, 15) is 18.0 Å². The molecule has 2 N–H and O–H groups in total. The van der Waals surface area contributed by atoms with Crippen LogP contribution >= 0.6 is 11.3 Å². The van der Waals surface area contributed by atoms with Gasteiger partial charge in [-0.15, -0.1) is 11.3 Å². The first-order valence-corrected chi connectivity index (χ1v) is 13.4. The van der Waals surface area contributed by atoms with Gasteiger partial charge in [0, 0.05) is 21.9 Å². The third kappa shape index (κ3) is 3.84. The second-order valence-electron chi connectivity index (χ2n) is 8.49. The maximum Gasteiger partial charge on any atom is 0.292 e. The Morgan fingerprint density at radius 2 is 1.91 bits per heavy atom. The van der Waals surface area contributed by atoms with Gasteiger partial charge in [-0.05, 0) is 50.7 Å². The van der Waals surface area contributed by atoms with Gasteiger partial charge in [-0.25, -0.2) is 8.42 Å². The normalized spacial score (nSPS) is 19.6. The van der Waals surface area contributed by atoms with Crippen molar-refractivity contribution in [2.24, 2.45) is 0 Å². The SMILES string of the molecule is Cc1c(C(=O)Nc2sc3c(c2C(=O)NC2CCS(=O)(=O)C2)CCCC3)oc2ccccc12. The Kier molecular flexibility index (Phi) is 5.33. The highest BCUT2D eigenvalue weighted by Gasteiger charge is 2.32. The summed E-state index contributed by atoms with van der Waals surface area (Å²) < 4.78 is 29.4. The van der Waals surface area contributed by atoms with Crippen molar-refractivity contribution in [2.45, 2.75) is 45.1 Å². The highest BCUT2D eigenvalue weighted by molar-refractivity contribution is 7.91. The van der Waals surface area contributed by atoms with Gasteiger partial charge >= 0.3 is 0 Å². The molecule has 2 amide bonds. The molecule has 9 heteroatoms. The molecule has 1 aliphatic carbocycles. The molecule has 0 spiro atoms. The van der Waals surface area contributed by atoms with Crippen molar-refractivity contribution in [3.8, 4) is 0 Å². The number of furan rings is 1. The second-order valence-corrected chi connectivity index (χ2v) is 11.8.